The minimum Gasteiger partial charge on any atom is -0.352 e. The van der Waals surface area contributed by atoms with Gasteiger partial charge in [-0.15, -0.1) is 5.73 Å². The zero-order chi connectivity index (χ0) is 13.5. The Hall–Kier alpha value is -1.60. The molecule has 0 unspecified atom stereocenters. The van der Waals surface area contributed by atoms with Crippen LogP contribution in [0.25, 0.3) is 6.08 Å². The zero-order valence-electron chi connectivity index (χ0n) is 11.5. The molecule has 96 valence electrons. The first kappa shape index (κ1) is 14.5. The number of benzene rings is 1. The van der Waals surface area contributed by atoms with Crippen molar-refractivity contribution in [1.82, 2.24) is 0 Å². The maximum absolute atomic E-state index is 5.29. The van der Waals surface area contributed by atoms with Gasteiger partial charge in [-0.3, -0.25) is 0 Å². The molecule has 0 aliphatic carbocycles. The van der Waals surface area contributed by atoms with Gasteiger partial charge in [-0.05, 0) is 36.6 Å². The molecule has 1 rings (SSSR count). The summed E-state index contributed by atoms with van der Waals surface area (Å²) in [6.45, 7) is 7.85. The molecule has 2 heteroatoms. The molecule has 2 nitrogen and oxygen atoms in total. The summed E-state index contributed by atoms with van der Waals surface area (Å²) in [7, 11) is 3.26. The van der Waals surface area contributed by atoms with Crippen LogP contribution in [0, 0.1) is 0 Å². The summed E-state index contributed by atoms with van der Waals surface area (Å²) >= 11 is 0. The van der Waals surface area contributed by atoms with E-state index in [0.717, 1.165) is 22.3 Å². The van der Waals surface area contributed by atoms with E-state index in [1.165, 1.54) is 0 Å². The van der Waals surface area contributed by atoms with Gasteiger partial charge in [-0.2, -0.15) is 0 Å². The molecule has 0 spiro atoms. The van der Waals surface area contributed by atoms with Gasteiger partial charge in [-0.25, -0.2) is 0 Å². The van der Waals surface area contributed by atoms with Crippen molar-refractivity contribution in [2.75, 3.05) is 14.2 Å². The molecule has 0 aliphatic heterocycles. The van der Waals surface area contributed by atoms with Gasteiger partial charge >= 0.3 is 0 Å². The molecule has 0 aliphatic rings. The number of rotatable bonds is 5. The highest BCUT2D eigenvalue weighted by Gasteiger charge is 2.11. The first-order chi connectivity index (χ1) is 8.60. The third-order valence-electron chi connectivity index (χ3n) is 2.76. The molecule has 0 radical (unpaired) electrons. The maximum atomic E-state index is 5.29. The Morgan fingerprint density at radius 1 is 1.22 bits per heavy atom. The lowest BCUT2D eigenvalue weighted by atomic mass is 10.1. The van der Waals surface area contributed by atoms with Gasteiger partial charge in [-0.1, -0.05) is 30.8 Å². The van der Waals surface area contributed by atoms with Crippen LogP contribution in [-0.2, 0) is 9.47 Å². The van der Waals surface area contributed by atoms with E-state index >= 15 is 0 Å². The second kappa shape index (κ2) is 6.97. The van der Waals surface area contributed by atoms with Crippen LogP contribution < -0.4 is 0 Å². The van der Waals surface area contributed by atoms with Crippen molar-refractivity contribution >= 4 is 6.08 Å². The van der Waals surface area contributed by atoms with Crippen LogP contribution in [0.4, 0.5) is 0 Å². The number of allylic oxidation sites excluding steroid dienone is 2. The highest BCUT2D eigenvalue weighted by molar-refractivity contribution is 5.55. The van der Waals surface area contributed by atoms with Gasteiger partial charge in [0.05, 0.1) is 0 Å². The van der Waals surface area contributed by atoms with Gasteiger partial charge in [0.2, 0.25) is 0 Å². The van der Waals surface area contributed by atoms with Crippen molar-refractivity contribution in [3.63, 3.8) is 0 Å². The molecule has 0 bridgehead atoms. The van der Waals surface area contributed by atoms with Crippen LogP contribution in [0.2, 0.25) is 0 Å². The van der Waals surface area contributed by atoms with Crippen molar-refractivity contribution in [3.05, 3.63) is 58.8 Å². The topological polar surface area (TPSA) is 18.5 Å². The van der Waals surface area contributed by atoms with Crippen LogP contribution in [0.3, 0.4) is 0 Å². The fourth-order valence-electron chi connectivity index (χ4n) is 1.52. The van der Waals surface area contributed by atoms with E-state index in [9.17, 15) is 0 Å². The van der Waals surface area contributed by atoms with Crippen LogP contribution in [0.5, 0.6) is 0 Å². The second-order valence-electron chi connectivity index (χ2n) is 4.13. The minimum atomic E-state index is -0.357. The fourth-order valence-corrected chi connectivity index (χ4v) is 1.52. The Bertz CT molecular complexity index is 476. The Kier molecular flexibility index (Phi) is 5.60. The summed E-state index contributed by atoms with van der Waals surface area (Å²) < 4.78 is 10.6. The fraction of sp³-hybridized carbons (Fsp3) is 0.312. The van der Waals surface area contributed by atoms with Crippen molar-refractivity contribution < 1.29 is 9.47 Å². The van der Waals surface area contributed by atoms with E-state index in [1.54, 1.807) is 14.2 Å². The first-order valence-electron chi connectivity index (χ1n) is 5.83. The largest absolute Gasteiger partial charge is 0.352 e. The molecule has 1 aromatic carbocycles. The zero-order valence-corrected chi connectivity index (χ0v) is 11.5. The predicted molar refractivity (Wildman–Crippen MR) is 75.2 cm³/mol. The summed E-state index contributed by atoms with van der Waals surface area (Å²) in [5.41, 5.74) is 7.30. The lowest BCUT2D eigenvalue weighted by Gasteiger charge is -2.15. The van der Waals surface area contributed by atoms with Crippen LogP contribution in [0.15, 0.2) is 47.7 Å². The van der Waals surface area contributed by atoms with E-state index < -0.39 is 0 Å². The summed E-state index contributed by atoms with van der Waals surface area (Å²) in [5.74, 6) is 0. The van der Waals surface area contributed by atoms with Gasteiger partial charge in [0.1, 0.15) is 0 Å². The molecule has 0 saturated heterocycles. The summed E-state index contributed by atoms with van der Waals surface area (Å²) in [4.78, 5) is 0. The summed E-state index contributed by atoms with van der Waals surface area (Å²) in [6.07, 6.45) is 1.58. The number of methoxy groups -OCH3 is 2. The quantitative estimate of drug-likeness (QED) is 0.441. The molecule has 0 fully saturated rings. The number of hydrogen-bond acceptors (Lipinski definition) is 2. The van der Waals surface area contributed by atoms with Crippen LogP contribution in [0.1, 0.15) is 31.3 Å². The maximum Gasteiger partial charge on any atom is 0.183 e. The van der Waals surface area contributed by atoms with E-state index in [1.807, 2.05) is 44.2 Å². The molecule has 0 atom stereocenters. The lowest BCUT2D eigenvalue weighted by Crippen LogP contribution is -2.05. The van der Waals surface area contributed by atoms with Gasteiger partial charge in [0, 0.05) is 19.8 Å². The van der Waals surface area contributed by atoms with Crippen molar-refractivity contribution in [3.8, 4) is 0 Å². The average Bonchev–Trinajstić information content (AvgIpc) is 2.38. The average molecular weight is 244 g/mol. The van der Waals surface area contributed by atoms with E-state index in [0.29, 0.717) is 0 Å². The standard InChI is InChI=1S/C16H20O2/c1-12(2)13(3)10-11-14-8-6-7-9-15(14)16(17-4)18-5/h6-9,11,16H,1H2,2-5H3. The first-order valence-corrected chi connectivity index (χ1v) is 5.83. The summed E-state index contributed by atoms with van der Waals surface area (Å²) in [5, 5.41) is 0. The Morgan fingerprint density at radius 3 is 2.39 bits per heavy atom. The van der Waals surface area contributed by atoms with Gasteiger partial charge in [0.15, 0.2) is 6.29 Å². The van der Waals surface area contributed by atoms with Gasteiger partial charge < -0.3 is 9.47 Å². The molecule has 0 heterocycles. The van der Waals surface area contributed by atoms with Crippen molar-refractivity contribution in [1.29, 1.82) is 0 Å². The Labute approximate surface area is 109 Å². The number of hydrogen-bond donors (Lipinski definition) is 0. The molecule has 0 aromatic heterocycles. The Morgan fingerprint density at radius 2 is 1.83 bits per heavy atom. The molecule has 18 heavy (non-hydrogen) atoms. The molecule has 0 N–H and O–H groups in total. The monoisotopic (exact) mass is 244 g/mol. The smallest absolute Gasteiger partial charge is 0.183 e. The van der Waals surface area contributed by atoms with E-state index in [4.69, 9.17) is 9.47 Å². The molecule has 0 amide bonds. The lowest BCUT2D eigenvalue weighted by molar-refractivity contribution is -0.106. The second-order valence-corrected chi connectivity index (χ2v) is 4.13. The Balaban J connectivity index is 3.18. The normalized spacial score (nSPS) is 10.1. The highest BCUT2D eigenvalue weighted by atomic mass is 16.7. The minimum absolute atomic E-state index is 0.357. The van der Waals surface area contributed by atoms with Crippen LogP contribution >= 0.6 is 0 Å². The highest BCUT2D eigenvalue weighted by Crippen LogP contribution is 2.22. The predicted octanol–water partition coefficient (Wildman–Crippen LogP) is 4.11. The van der Waals surface area contributed by atoms with Crippen molar-refractivity contribution in [2.24, 2.45) is 0 Å². The van der Waals surface area contributed by atoms with E-state index in [-0.39, 0.29) is 6.29 Å². The molecule has 0 saturated carbocycles. The van der Waals surface area contributed by atoms with Crippen LogP contribution in [-0.4, -0.2) is 14.2 Å². The molecular formula is C16H20O2. The molecular weight excluding hydrogens is 224 g/mol. The SMILES string of the molecule is C=C(C)C(C)=C=Cc1ccccc1C(OC)OC. The van der Waals surface area contributed by atoms with Crippen molar-refractivity contribution in [2.45, 2.75) is 20.1 Å². The van der Waals surface area contributed by atoms with Gasteiger partial charge in [0.25, 0.3) is 0 Å². The summed E-state index contributed by atoms with van der Waals surface area (Å²) in [6, 6.07) is 7.95. The molecule has 1 aromatic rings. The van der Waals surface area contributed by atoms with E-state index in [2.05, 4.69) is 12.3 Å². The third kappa shape index (κ3) is 3.71. The third-order valence-corrected chi connectivity index (χ3v) is 2.76. The number of ether oxygens (including phenoxy) is 2.